The monoisotopic (exact) mass is 435 g/mol. The van der Waals surface area contributed by atoms with Gasteiger partial charge in [-0.3, -0.25) is 14.0 Å². The smallest absolute Gasteiger partial charge is 0.268 e. The minimum absolute atomic E-state index is 0.0489. The molecular formula is C25H33N5O2. The molecule has 4 saturated carbocycles. The molecular weight excluding hydrogens is 402 g/mol. The quantitative estimate of drug-likeness (QED) is 0.754. The van der Waals surface area contributed by atoms with E-state index in [9.17, 15) is 9.59 Å². The van der Waals surface area contributed by atoms with Crippen LogP contribution in [0.3, 0.4) is 0 Å². The van der Waals surface area contributed by atoms with Gasteiger partial charge in [0.1, 0.15) is 11.3 Å². The standard InChI is InChI=1S/C25H33N5O2/c26-19-4-5-29(13-19)23(31)9-20-14-30-21(2-1-3-22(30)28-20)24(32)27-15-25-10-16-6-17(11-25)8-18(7-16)12-25/h1-3,14,16-19H,4-13,15,26H2,(H,27,32). The van der Waals surface area contributed by atoms with Crippen LogP contribution < -0.4 is 11.1 Å². The van der Waals surface area contributed by atoms with Crippen LogP contribution in [0.25, 0.3) is 5.65 Å². The average Bonchev–Trinajstić information content (AvgIpc) is 3.36. The van der Waals surface area contributed by atoms with Crippen LogP contribution in [0.15, 0.2) is 24.4 Å². The van der Waals surface area contributed by atoms with Gasteiger partial charge in [0.2, 0.25) is 5.91 Å². The van der Waals surface area contributed by atoms with E-state index in [2.05, 4.69) is 10.3 Å². The van der Waals surface area contributed by atoms with Gasteiger partial charge in [-0.25, -0.2) is 4.98 Å². The van der Waals surface area contributed by atoms with Gasteiger partial charge in [0, 0.05) is 31.9 Å². The number of nitrogens with zero attached hydrogens (tertiary/aromatic N) is 3. The Morgan fingerprint density at radius 3 is 2.50 bits per heavy atom. The zero-order chi connectivity index (χ0) is 21.9. The van der Waals surface area contributed by atoms with Gasteiger partial charge in [-0.05, 0) is 80.2 Å². The number of hydrogen-bond acceptors (Lipinski definition) is 4. The lowest BCUT2D eigenvalue weighted by Crippen LogP contribution is -2.51. The van der Waals surface area contributed by atoms with Crippen molar-refractivity contribution in [3.05, 3.63) is 35.8 Å². The van der Waals surface area contributed by atoms with Gasteiger partial charge >= 0.3 is 0 Å². The first-order valence-corrected chi connectivity index (χ1v) is 12.2. The summed E-state index contributed by atoms with van der Waals surface area (Å²) in [5, 5.41) is 3.27. The van der Waals surface area contributed by atoms with Crippen LogP contribution in [0, 0.1) is 23.2 Å². The van der Waals surface area contributed by atoms with Crippen molar-refractivity contribution in [2.45, 2.75) is 57.4 Å². The number of amides is 2. The number of pyridine rings is 1. The highest BCUT2D eigenvalue weighted by Crippen LogP contribution is 2.59. The molecule has 2 amide bonds. The Kier molecular flexibility index (Phi) is 4.79. The first-order chi connectivity index (χ1) is 15.5. The summed E-state index contributed by atoms with van der Waals surface area (Å²) in [7, 11) is 0. The van der Waals surface area contributed by atoms with Crippen molar-refractivity contribution in [3.8, 4) is 0 Å². The van der Waals surface area contributed by atoms with Crippen molar-refractivity contribution in [1.82, 2.24) is 19.6 Å². The summed E-state index contributed by atoms with van der Waals surface area (Å²) < 4.78 is 1.83. The number of carbonyl (C=O) groups excluding carboxylic acids is 2. The maximum absolute atomic E-state index is 13.2. The topological polar surface area (TPSA) is 92.7 Å². The summed E-state index contributed by atoms with van der Waals surface area (Å²) in [5.74, 6) is 2.63. The molecule has 3 N–H and O–H groups in total. The molecule has 7 rings (SSSR count). The van der Waals surface area contributed by atoms with Crippen LogP contribution in [-0.2, 0) is 11.2 Å². The number of likely N-dealkylation sites (tertiary alicyclic amines) is 1. The first kappa shape index (κ1) is 20.2. The lowest BCUT2D eigenvalue weighted by molar-refractivity contribution is -0.129. The zero-order valence-electron chi connectivity index (χ0n) is 18.6. The molecule has 4 bridgehead atoms. The zero-order valence-corrected chi connectivity index (χ0v) is 18.6. The lowest BCUT2D eigenvalue weighted by Gasteiger charge is -2.56. The molecule has 0 aromatic carbocycles. The molecule has 7 heteroatoms. The summed E-state index contributed by atoms with van der Waals surface area (Å²) in [6.07, 6.45) is 11.0. The number of fused-ring (bicyclic) bond motifs is 1. The number of aromatic nitrogens is 2. The molecule has 4 aliphatic carbocycles. The fraction of sp³-hybridized carbons (Fsp3) is 0.640. The number of imidazole rings is 1. The van der Waals surface area contributed by atoms with E-state index in [4.69, 9.17) is 5.73 Å². The SMILES string of the molecule is NC1CCN(C(=O)Cc2cn3c(C(=O)NCC45CC6CC(CC(C6)C4)C5)cccc3n2)C1. The highest BCUT2D eigenvalue weighted by molar-refractivity contribution is 5.93. The van der Waals surface area contributed by atoms with Crippen molar-refractivity contribution < 1.29 is 9.59 Å². The predicted octanol–water partition coefficient (Wildman–Crippen LogP) is 2.38. The Balaban J connectivity index is 1.16. The van der Waals surface area contributed by atoms with E-state index in [0.29, 0.717) is 35.5 Å². The molecule has 0 radical (unpaired) electrons. The summed E-state index contributed by atoms with van der Waals surface area (Å²) in [6, 6.07) is 5.67. The van der Waals surface area contributed by atoms with Gasteiger partial charge in [-0.15, -0.1) is 0 Å². The normalized spacial score (nSPS) is 33.2. The first-order valence-electron chi connectivity index (χ1n) is 12.2. The van der Waals surface area contributed by atoms with Crippen molar-refractivity contribution in [3.63, 3.8) is 0 Å². The maximum Gasteiger partial charge on any atom is 0.268 e. The number of hydrogen-bond donors (Lipinski definition) is 2. The van der Waals surface area contributed by atoms with Crippen LogP contribution in [0.2, 0.25) is 0 Å². The fourth-order valence-corrected chi connectivity index (χ4v) is 7.48. The highest BCUT2D eigenvalue weighted by atomic mass is 16.2. The largest absolute Gasteiger partial charge is 0.350 e. The second kappa shape index (κ2) is 7.58. The molecule has 5 aliphatic rings. The van der Waals surface area contributed by atoms with Crippen molar-refractivity contribution >= 4 is 17.5 Å². The third-order valence-electron chi connectivity index (χ3n) is 8.47. The molecule has 3 heterocycles. The molecule has 2 aromatic heterocycles. The van der Waals surface area contributed by atoms with E-state index < -0.39 is 0 Å². The van der Waals surface area contributed by atoms with E-state index in [1.807, 2.05) is 33.7 Å². The Morgan fingerprint density at radius 1 is 1.12 bits per heavy atom. The van der Waals surface area contributed by atoms with Gasteiger partial charge < -0.3 is 16.0 Å². The van der Waals surface area contributed by atoms with Gasteiger partial charge in [0.05, 0.1) is 12.1 Å². The van der Waals surface area contributed by atoms with E-state index in [1.54, 1.807) is 0 Å². The summed E-state index contributed by atoms with van der Waals surface area (Å²) >= 11 is 0. The lowest BCUT2D eigenvalue weighted by atomic mass is 9.49. The predicted molar refractivity (Wildman–Crippen MR) is 121 cm³/mol. The van der Waals surface area contributed by atoms with Gasteiger partial charge in [0.15, 0.2) is 0 Å². The fourth-order valence-electron chi connectivity index (χ4n) is 7.48. The summed E-state index contributed by atoms with van der Waals surface area (Å²) in [4.78, 5) is 32.2. The number of nitrogens with two attached hydrogens (primary N) is 1. The molecule has 7 nitrogen and oxygen atoms in total. The molecule has 170 valence electrons. The number of nitrogens with one attached hydrogen (secondary N) is 1. The molecule has 1 saturated heterocycles. The van der Waals surface area contributed by atoms with Crippen LogP contribution in [-0.4, -0.2) is 51.8 Å². The molecule has 2 aromatic rings. The summed E-state index contributed by atoms with van der Waals surface area (Å²) in [6.45, 7) is 2.11. The highest BCUT2D eigenvalue weighted by Gasteiger charge is 2.50. The second-order valence-corrected chi connectivity index (χ2v) is 11.0. The van der Waals surface area contributed by atoms with Crippen molar-refractivity contribution in [2.75, 3.05) is 19.6 Å². The molecule has 1 aliphatic heterocycles. The van der Waals surface area contributed by atoms with Gasteiger partial charge in [0.25, 0.3) is 5.91 Å². The van der Waals surface area contributed by atoms with Crippen LogP contribution >= 0.6 is 0 Å². The number of carbonyl (C=O) groups is 2. The van der Waals surface area contributed by atoms with Gasteiger partial charge in [-0.2, -0.15) is 0 Å². The van der Waals surface area contributed by atoms with E-state index >= 15 is 0 Å². The molecule has 5 fully saturated rings. The Morgan fingerprint density at radius 2 is 1.84 bits per heavy atom. The molecule has 1 atom stereocenters. The van der Waals surface area contributed by atoms with E-state index in [1.165, 1.54) is 38.5 Å². The Bertz CT molecular complexity index is 1020. The van der Waals surface area contributed by atoms with E-state index in [-0.39, 0.29) is 24.3 Å². The van der Waals surface area contributed by atoms with Crippen molar-refractivity contribution in [1.29, 1.82) is 0 Å². The van der Waals surface area contributed by atoms with Crippen molar-refractivity contribution in [2.24, 2.45) is 28.9 Å². The van der Waals surface area contributed by atoms with Crippen LogP contribution in [0.5, 0.6) is 0 Å². The third-order valence-corrected chi connectivity index (χ3v) is 8.47. The summed E-state index contributed by atoms with van der Waals surface area (Å²) in [5.41, 5.74) is 8.22. The Labute approximate surface area is 188 Å². The third kappa shape index (κ3) is 3.60. The Hall–Kier alpha value is -2.41. The molecule has 0 spiro atoms. The molecule has 32 heavy (non-hydrogen) atoms. The second-order valence-electron chi connectivity index (χ2n) is 11.0. The van der Waals surface area contributed by atoms with E-state index in [0.717, 1.165) is 30.7 Å². The van der Waals surface area contributed by atoms with Crippen LogP contribution in [0.4, 0.5) is 0 Å². The van der Waals surface area contributed by atoms with Crippen LogP contribution in [0.1, 0.15) is 61.1 Å². The average molecular weight is 436 g/mol. The van der Waals surface area contributed by atoms with Gasteiger partial charge in [-0.1, -0.05) is 6.07 Å². The minimum atomic E-state index is -0.0489. The minimum Gasteiger partial charge on any atom is -0.350 e. The maximum atomic E-state index is 13.2. The number of rotatable bonds is 5. The molecule has 1 unspecified atom stereocenters.